The Balaban J connectivity index is 2.58. The van der Waals surface area contributed by atoms with E-state index in [0.717, 1.165) is 11.5 Å². The maximum absolute atomic E-state index is 5.01. The van der Waals surface area contributed by atoms with Crippen molar-refractivity contribution in [1.29, 1.82) is 0 Å². The number of hydrogen-bond acceptors (Lipinski definition) is 4. The SMILES string of the molecule is CNOc1ccc(ONC)cc1. The van der Waals surface area contributed by atoms with Gasteiger partial charge >= 0.3 is 0 Å². The maximum Gasteiger partial charge on any atom is 0.147 e. The highest BCUT2D eigenvalue weighted by Crippen LogP contribution is 2.15. The van der Waals surface area contributed by atoms with Gasteiger partial charge < -0.3 is 9.68 Å². The molecule has 0 aliphatic heterocycles. The van der Waals surface area contributed by atoms with Crippen molar-refractivity contribution in [3.63, 3.8) is 0 Å². The Morgan fingerprint density at radius 2 is 1.17 bits per heavy atom. The molecule has 0 bridgehead atoms. The molecule has 0 spiro atoms. The molecular weight excluding hydrogens is 156 g/mol. The van der Waals surface area contributed by atoms with Crippen molar-refractivity contribution in [3.8, 4) is 11.5 Å². The van der Waals surface area contributed by atoms with Gasteiger partial charge in [0, 0.05) is 14.1 Å². The number of rotatable bonds is 4. The van der Waals surface area contributed by atoms with Crippen molar-refractivity contribution in [1.82, 2.24) is 11.0 Å². The fourth-order valence-corrected chi connectivity index (χ4v) is 0.811. The molecule has 0 aliphatic carbocycles. The predicted octanol–water partition coefficient (Wildman–Crippen LogP) is 0.713. The minimum atomic E-state index is 0.751. The summed E-state index contributed by atoms with van der Waals surface area (Å²) in [5.41, 5.74) is 5.16. The minimum absolute atomic E-state index is 0.751. The lowest BCUT2D eigenvalue weighted by Gasteiger charge is -2.04. The molecule has 0 amide bonds. The Morgan fingerprint density at radius 3 is 1.42 bits per heavy atom. The Hall–Kier alpha value is -1.26. The van der Waals surface area contributed by atoms with E-state index in [4.69, 9.17) is 9.68 Å². The summed E-state index contributed by atoms with van der Waals surface area (Å²) in [6, 6.07) is 7.23. The second-order valence-corrected chi connectivity index (χ2v) is 2.08. The highest BCUT2D eigenvalue weighted by Gasteiger charge is 1.93. The van der Waals surface area contributed by atoms with Gasteiger partial charge in [-0.2, -0.15) is 11.0 Å². The van der Waals surface area contributed by atoms with Crippen LogP contribution >= 0.6 is 0 Å². The van der Waals surface area contributed by atoms with Crippen LogP contribution in [-0.2, 0) is 0 Å². The molecule has 1 rings (SSSR count). The van der Waals surface area contributed by atoms with E-state index in [2.05, 4.69) is 11.0 Å². The van der Waals surface area contributed by atoms with Crippen LogP contribution < -0.4 is 20.6 Å². The van der Waals surface area contributed by atoms with Gasteiger partial charge in [-0.25, -0.2) is 0 Å². The van der Waals surface area contributed by atoms with Gasteiger partial charge in [-0.3, -0.25) is 0 Å². The lowest BCUT2D eigenvalue weighted by Crippen LogP contribution is -2.12. The standard InChI is InChI=1S/C8H12N2O2/c1-9-11-7-3-5-8(6-4-7)12-10-2/h3-6,9-10H,1-2H3. The number of hydrogen-bond donors (Lipinski definition) is 2. The van der Waals surface area contributed by atoms with E-state index in [0.29, 0.717) is 0 Å². The molecule has 66 valence electrons. The Bertz CT molecular complexity index is 198. The van der Waals surface area contributed by atoms with Crippen molar-refractivity contribution >= 4 is 0 Å². The van der Waals surface area contributed by atoms with E-state index in [1.165, 1.54) is 0 Å². The van der Waals surface area contributed by atoms with Gasteiger partial charge in [0.2, 0.25) is 0 Å². The van der Waals surface area contributed by atoms with E-state index < -0.39 is 0 Å². The second kappa shape index (κ2) is 4.58. The highest BCUT2D eigenvalue weighted by molar-refractivity contribution is 5.30. The number of nitrogens with one attached hydrogen (secondary N) is 2. The smallest absolute Gasteiger partial charge is 0.147 e. The zero-order valence-corrected chi connectivity index (χ0v) is 7.13. The molecule has 2 N–H and O–H groups in total. The first-order chi connectivity index (χ1) is 5.86. The summed E-state index contributed by atoms with van der Waals surface area (Å²) < 4.78 is 0. The lowest BCUT2D eigenvalue weighted by atomic mass is 10.3. The van der Waals surface area contributed by atoms with Crippen molar-refractivity contribution in [2.45, 2.75) is 0 Å². The van der Waals surface area contributed by atoms with Gasteiger partial charge in [0.25, 0.3) is 0 Å². The molecule has 0 aromatic heterocycles. The van der Waals surface area contributed by atoms with Gasteiger partial charge in [-0.05, 0) is 24.3 Å². The Morgan fingerprint density at radius 1 is 0.833 bits per heavy atom. The highest BCUT2D eigenvalue weighted by atomic mass is 16.6. The first-order valence-corrected chi connectivity index (χ1v) is 3.64. The first kappa shape index (κ1) is 8.83. The van der Waals surface area contributed by atoms with Gasteiger partial charge in [0.15, 0.2) is 0 Å². The fourth-order valence-electron chi connectivity index (χ4n) is 0.811. The van der Waals surface area contributed by atoms with Gasteiger partial charge in [-0.15, -0.1) is 0 Å². The van der Waals surface area contributed by atoms with Crippen LogP contribution in [0.3, 0.4) is 0 Å². The lowest BCUT2D eigenvalue weighted by molar-refractivity contribution is 0.216. The van der Waals surface area contributed by atoms with Crippen LogP contribution in [0.25, 0.3) is 0 Å². The molecular formula is C8H12N2O2. The molecule has 0 radical (unpaired) electrons. The van der Waals surface area contributed by atoms with Crippen molar-refractivity contribution in [2.75, 3.05) is 14.1 Å². The van der Waals surface area contributed by atoms with Gasteiger partial charge in [0.05, 0.1) is 0 Å². The summed E-state index contributed by atoms with van der Waals surface area (Å²) in [6.07, 6.45) is 0. The third-order valence-corrected chi connectivity index (χ3v) is 1.26. The van der Waals surface area contributed by atoms with Gasteiger partial charge in [0.1, 0.15) is 11.5 Å². The van der Waals surface area contributed by atoms with Crippen LogP contribution in [0.15, 0.2) is 24.3 Å². The average molecular weight is 168 g/mol. The summed E-state index contributed by atoms with van der Waals surface area (Å²) >= 11 is 0. The van der Waals surface area contributed by atoms with E-state index >= 15 is 0 Å². The first-order valence-electron chi connectivity index (χ1n) is 3.64. The van der Waals surface area contributed by atoms with E-state index in [9.17, 15) is 0 Å². The van der Waals surface area contributed by atoms with Crippen LogP contribution in [-0.4, -0.2) is 14.1 Å². The summed E-state index contributed by atoms with van der Waals surface area (Å²) in [5.74, 6) is 1.50. The van der Waals surface area contributed by atoms with Crippen molar-refractivity contribution < 1.29 is 9.68 Å². The molecule has 0 heterocycles. The number of hydroxylamine groups is 2. The molecule has 0 aliphatic rings. The van der Waals surface area contributed by atoms with E-state index in [1.807, 2.05) is 24.3 Å². The molecule has 0 saturated carbocycles. The Labute approximate surface area is 71.4 Å². The quantitative estimate of drug-likeness (QED) is 0.650. The molecule has 12 heavy (non-hydrogen) atoms. The second-order valence-electron chi connectivity index (χ2n) is 2.08. The molecule has 0 saturated heterocycles. The van der Waals surface area contributed by atoms with Crippen LogP contribution in [0.2, 0.25) is 0 Å². The molecule has 4 heteroatoms. The van der Waals surface area contributed by atoms with Crippen LogP contribution in [0, 0.1) is 0 Å². The van der Waals surface area contributed by atoms with Crippen molar-refractivity contribution in [2.24, 2.45) is 0 Å². The zero-order valence-electron chi connectivity index (χ0n) is 7.13. The normalized spacial score (nSPS) is 9.50. The van der Waals surface area contributed by atoms with Crippen molar-refractivity contribution in [3.05, 3.63) is 24.3 Å². The summed E-state index contributed by atoms with van der Waals surface area (Å²) in [5, 5.41) is 0. The van der Waals surface area contributed by atoms with Crippen LogP contribution in [0.5, 0.6) is 11.5 Å². The summed E-state index contributed by atoms with van der Waals surface area (Å²) in [6.45, 7) is 0. The predicted molar refractivity (Wildman–Crippen MR) is 45.8 cm³/mol. The maximum atomic E-state index is 5.01. The topological polar surface area (TPSA) is 42.5 Å². The third-order valence-electron chi connectivity index (χ3n) is 1.26. The molecule has 4 nitrogen and oxygen atoms in total. The third kappa shape index (κ3) is 2.41. The minimum Gasteiger partial charge on any atom is -0.409 e. The molecule has 1 aromatic carbocycles. The average Bonchev–Trinajstić information content (AvgIpc) is 2.09. The van der Waals surface area contributed by atoms with Crippen LogP contribution in [0.1, 0.15) is 0 Å². The zero-order chi connectivity index (χ0) is 8.81. The molecule has 0 atom stereocenters. The molecule has 1 aromatic rings. The molecule has 0 fully saturated rings. The molecule has 0 unspecified atom stereocenters. The van der Waals surface area contributed by atoms with E-state index in [1.54, 1.807) is 14.1 Å². The van der Waals surface area contributed by atoms with E-state index in [-0.39, 0.29) is 0 Å². The largest absolute Gasteiger partial charge is 0.409 e. The fraction of sp³-hybridized carbons (Fsp3) is 0.250. The van der Waals surface area contributed by atoms with Crippen LogP contribution in [0.4, 0.5) is 0 Å². The van der Waals surface area contributed by atoms with Gasteiger partial charge in [-0.1, -0.05) is 0 Å². The summed E-state index contributed by atoms with van der Waals surface area (Å²) in [4.78, 5) is 10.0. The summed E-state index contributed by atoms with van der Waals surface area (Å²) in [7, 11) is 3.41. The number of benzene rings is 1. The monoisotopic (exact) mass is 168 g/mol. The Kier molecular flexibility index (Phi) is 3.37.